The summed E-state index contributed by atoms with van der Waals surface area (Å²) in [5.41, 5.74) is 1.95. The van der Waals surface area contributed by atoms with Crippen LogP contribution >= 0.6 is 0 Å². The number of aryl methyl sites for hydroxylation is 2. The van der Waals surface area contributed by atoms with Crippen molar-refractivity contribution in [3.05, 3.63) is 23.3 Å². The number of carbonyl (C=O) groups is 1. The Hall–Kier alpha value is -1.44. The highest BCUT2D eigenvalue weighted by atomic mass is 32.2. The highest BCUT2D eigenvalue weighted by molar-refractivity contribution is 7.85. The summed E-state index contributed by atoms with van der Waals surface area (Å²) in [6.07, 6.45) is 0.645. The summed E-state index contributed by atoms with van der Waals surface area (Å²) in [6, 6.07) is 3.82. The number of hydrogen-bond donors (Lipinski definition) is 1. The first-order valence-corrected chi connectivity index (χ1v) is 10.3. The number of nitrogens with one attached hydrogen (secondary N) is 1. The number of carbonyl (C=O) groups excluding carboxylic acids is 1. The second kappa shape index (κ2) is 10.0. The molecule has 7 heteroatoms. The van der Waals surface area contributed by atoms with Crippen molar-refractivity contribution in [3.8, 4) is 5.75 Å². The average Bonchev–Trinajstić information content (AvgIpc) is 2.64. The maximum Gasteiger partial charge on any atom is 0.248 e. The zero-order valence-corrected chi connectivity index (χ0v) is 17.0. The standard InChI is InChI=1S/C19H30N2O4S/c1-14-11-17(24-4)12-15(2)19(14)26(23)16(3)5-10-25-13-18(22)21-8-6-20-7-9-21/h11-12,16,20H,5-10,13H2,1-4H3. The molecule has 0 bridgehead atoms. The lowest BCUT2D eigenvalue weighted by atomic mass is 10.1. The van der Waals surface area contributed by atoms with Gasteiger partial charge in [-0.1, -0.05) is 6.92 Å². The van der Waals surface area contributed by atoms with E-state index in [9.17, 15) is 9.00 Å². The Labute approximate surface area is 158 Å². The van der Waals surface area contributed by atoms with Crippen LogP contribution in [0.15, 0.2) is 17.0 Å². The van der Waals surface area contributed by atoms with E-state index in [2.05, 4.69) is 5.32 Å². The van der Waals surface area contributed by atoms with Crippen molar-refractivity contribution in [2.45, 2.75) is 37.3 Å². The van der Waals surface area contributed by atoms with E-state index in [0.717, 1.165) is 48.0 Å². The molecule has 0 radical (unpaired) electrons. The van der Waals surface area contributed by atoms with E-state index in [0.29, 0.717) is 13.0 Å². The first-order chi connectivity index (χ1) is 12.4. The van der Waals surface area contributed by atoms with Crippen molar-refractivity contribution < 1.29 is 18.5 Å². The summed E-state index contributed by atoms with van der Waals surface area (Å²) in [7, 11) is 0.512. The monoisotopic (exact) mass is 382 g/mol. The van der Waals surface area contributed by atoms with Gasteiger partial charge in [-0.05, 0) is 43.5 Å². The lowest BCUT2D eigenvalue weighted by Crippen LogP contribution is -2.47. The molecule has 1 heterocycles. The van der Waals surface area contributed by atoms with Gasteiger partial charge in [0.2, 0.25) is 5.91 Å². The maximum atomic E-state index is 12.9. The number of piperazine rings is 1. The van der Waals surface area contributed by atoms with Gasteiger partial charge in [-0.25, -0.2) is 0 Å². The van der Waals surface area contributed by atoms with E-state index in [4.69, 9.17) is 9.47 Å². The molecule has 2 rings (SSSR count). The van der Waals surface area contributed by atoms with Crippen LogP contribution in [0.2, 0.25) is 0 Å². The Morgan fingerprint density at radius 1 is 1.27 bits per heavy atom. The van der Waals surface area contributed by atoms with Crippen LogP contribution in [0, 0.1) is 13.8 Å². The van der Waals surface area contributed by atoms with Crippen molar-refractivity contribution in [1.29, 1.82) is 0 Å². The van der Waals surface area contributed by atoms with Gasteiger partial charge >= 0.3 is 0 Å². The number of amides is 1. The number of methoxy groups -OCH3 is 1. The summed E-state index contributed by atoms with van der Waals surface area (Å²) in [5, 5.41) is 3.17. The lowest BCUT2D eigenvalue weighted by Gasteiger charge is -2.27. The minimum atomic E-state index is -1.12. The molecular weight excluding hydrogens is 352 g/mol. The van der Waals surface area contributed by atoms with Gasteiger partial charge in [0, 0.05) is 42.9 Å². The molecule has 2 atom stereocenters. The maximum absolute atomic E-state index is 12.9. The number of benzene rings is 1. The fraction of sp³-hybridized carbons (Fsp3) is 0.632. The van der Waals surface area contributed by atoms with Crippen molar-refractivity contribution in [3.63, 3.8) is 0 Å². The molecule has 0 spiro atoms. The first-order valence-electron chi connectivity index (χ1n) is 9.06. The zero-order valence-electron chi connectivity index (χ0n) is 16.2. The molecule has 2 unspecified atom stereocenters. The quantitative estimate of drug-likeness (QED) is 0.693. The molecule has 0 aromatic heterocycles. The summed E-state index contributed by atoms with van der Waals surface area (Å²) in [4.78, 5) is 14.7. The highest BCUT2D eigenvalue weighted by Gasteiger charge is 2.19. The number of ether oxygens (including phenoxy) is 2. The van der Waals surface area contributed by atoms with E-state index < -0.39 is 10.8 Å². The van der Waals surface area contributed by atoms with Gasteiger partial charge in [0.05, 0.1) is 17.9 Å². The molecule has 1 saturated heterocycles. The molecule has 0 saturated carbocycles. The summed E-state index contributed by atoms with van der Waals surface area (Å²) < 4.78 is 23.7. The summed E-state index contributed by atoms with van der Waals surface area (Å²) in [6.45, 7) is 9.54. The molecule has 1 aromatic carbocycles. The smallest absolute Gasteiger partial charge is 0.248 e. The molecule has 146 valence electrons. The highest BCUT2D eigenvalue weighted by Crippen LogP contribution is 2.26. The summed E-state index contributed by atoms with van der Waals surface area (Å²) in [5.74, 6) is 0.810. The molecule has 1 aromatic rings. The van der Waals surface area contributed by atoms with Crippen LogP contribution in [0.5, 0.6) is 5.75 Å². The fourth-order valence-corrected chi connectivity index (χ4v) is 4.53. The van der Waals surface area contributed by atoms with Crippen molar-refractivity contribution in [1.82, 2.24) is 10.2 Å². The van der Waals surface area contributed by atoms with E-state index >= 15 is 0 Å². The lowest BCUT2D eigenvalue weighted by molar-refractivity contribution is -0.136. The molecule has 1 N–H and O–H groups in total. The Morgan fingerprint density at radius 3 is 2.46 bits per heavy atom. The van der Waals surface area contributed by atoms with Crippen molar-refractivity contribution in [2.24, 2.45) is 0 Å². The third-order valence-electron chi connectivity index (χ3n) is 4.60. The second-order valence-corrected chi connectivity index (χ2v) is 8.48. The molecule has 26 heavy (non-hydrogen) atoms. The predicted molar refractivity (Wildman–Crippen MR) is 103 cm³/mol. The number of nitrogens with zero attached hydrogens (tertiary/aromatic N) is 1. The topological polar surface area (TPSA) is 67.9 Å². The fourth-order valence-electron chi connectivity index (χ4n) is 3.07. The minimum Gasteiger partial charge on any atom is -0.497 e. The first kappa shape index (κ1) is 20.9. The zero-order chi connectivity index (χ0) is 19.1. The molecular formula is C19H30N2O4S. The van der Waals surface area contributed by atoms with Crippen LogP contribution < -0.4 is 10.1 Å². The Balaban J connectivity index is 1.81. The van der Waals surface area contributed by atoms with E-state index in [-0.39, 0.29) is 17.8 Å². The van der Waals surface area contributed by atoms with Crippen molar-refractivity contribution in [2.75, 3.05) is 46.5 Å². The summed E-state index contributed by atoms with van der Waals surface area (Å²) >= 11 is 0. The van der Waals surface area contributed by atoms with Crippen LogP contribution in [0.3, 0.4) is 0 Å². The minimum absolute atomic E-state index is 0.0297. The molecule has 0 aliphatic carbocycles. The Morgan fingerprint density at radius 2 is 1.88 bits per heavy atom. The SMILES string of the molecule is COc1cc(C)c(S(=O)C(C)CCOCC(=O)N2CCNCC2)c(C)c1. The van der Waals surface area contributed by atoms with Crippen molar-refractivity contribution >= 4 is 16.7 Å². The predicted octanol–water partition coefficient (Wildman–Crippen LogP) is 1.65. The number of hydrogen-bond acceptors (Lipinski definition) is 5. The second-order valence-electron chi connectivity index (χ2n) is 6.67. The third kappa shape index (κ3) is 5.53. The molecule has 6 nitrogen and oxygen atoms in total. The third-order valence-corrected chi connectivity index (χ3v) is 6.61. The van der Waals surface area contributed by atoms with Gasteiger partial charge < -0.3 is 19.7 Å². The van der Waals surface area contributed by atoms with Crippen LogP contribution in [-0.4, -0.2) is 66.8 Å². The largest absolute Gasteiger partial charge is 0.497 e. The van der Waals surface area contributed by atoms with Gasteiger partial charge in [-0.15, -0.1) is 0 Å². The van der Waals surface area contributed by atoms with Gasteiger partial charge in [0.1, 0.15) is 12.4 Å². The van der Waals surface area contributed by atoms with E-state index in [1.54, 1.807) is 7.11 Å². The van der Waals surface area contributed by atoms with Crippen LogP contribution in [0.25, 0.3) is 0 Å². The van der Waals surface area contributed by atoms with Crippen LogP contribution in [0.1, 0.15) is 24.5 Å². The molecule has 1 aliphatic rings. The molecule has 1 amide bonds. The Kier molecular flexibility index (Phi) is 8.06. The average molecular weight is 383 g/mol. The van der Waals surface area contributed by atoms with Gasteiger partial charge in [0.15, 0.2) is 0 Å². The molecule has 1 fully saturated rings. The van der Waals surface area contributed by atoms with Gasteiger partial charge in [-0.3, -0.25) is 9.00 Å². The molecule has 1 aliphatic heterocycles. The number of rotatable bonds is 8. The van der Waals surface area contributed by atoms with E-state index in [1.165, 1.54) is 0 Å². The van der Waals surface area contributed by atoms with Gasteiger partial charge in [-0.2, -0.15) is 0 Å². The van der Waals surface area contributed by atoms with Crippen LogP contribution in [-0.2, 0) is 20.3 Å². The van der Waals surface area contributed by atoms with Gasteiger partial charge in [0.25, 0.3) is 0 Å². The van der Waals surface area contributed by atoms with E-state index in [1.807, 2.05) is 37.8 Å². The Bertz CT molecular complexity index is 621. The normalized spacial score (nSPS) is 17.0. The van der Waals surface area contributed by atoms with Crippen LogP contribution in [0.4, 0.5) is 0 Å².